The number of amides is 1. The van der Waals surface area contributed by atoms with Crippen LogP contribution in [0.3, 0.4) is 0 Å². The SMILES string of the molecule is COc1ccc2c(c1)CCN(C(=O)C1CCCC1)C2. The molecule has 1 aromatic carbocycles. The van der Waals surface area contributed by atoms with Crippen LogP contribution in [-0.4, -0.2) is 24.5 Å². The van der Waals surface area contributed by atoms with Crippen LogP contribution >= 0.6 is 0 Å². The highest BCUT2D eigenvalue weighted by atomic mass is 16.5. The van der Waals surface area contributed by atoms with Gasteiger partial charge in [-0.3, -0.25) is 4.79 Å². The molecule has 1 fully saturated rings. The van der Waals surface area contributed by atoms with Crippen LogP contribution in [0.25, 0.3) is 0 Å². The standard InChI is InChI=1S/C16H21NO2/c1-19-15-7-6-14-11-17(9-8-13(14)10-15)16(18)12-4-2-3-5-12/h6-7,10,12H,2-5,8-9,11H2,1H3. The molecule has 0 N–H and O–H groups in total. The van der Waals surface area contributed by atoms with Crippen LogP contribution < -0.4 is 4.74 Å². The zero-order chi connectivity index (χ0) is 13.2. The van der Waals surface area contributed by atoms with Gasteiger partial charge in [0.05, 0.1) is 7.11 Å². The van der Waals surface area contributed by atoms with Crippen LogP contribution in [0.4, 0.5) is 0 Å². The topological polar surface area (TPSA) is 29.5 Å². The van der Waals surface area contributed by atoms with E-state index in [1.807, 2.05) is 11.0 Å². The number of nitrogens with zero attached hydrogens (tertiary/aromatic N) is 1. The first kappa shape index (κ1) is 12.5. The predicted molar refractivity (Wildman–Crippen MR) is 74.1 cm³/mol. The highest BCUT2D eigenvalue weighted by Crippen LogP contribution is 2.29. The summed E-state index contributed by atoms with van der Waals surface area (Å²) in [5, 5.41) is 0. The molecular weight excluding hydrogens is 238 g/mol. The largest absolute Gasteiger partial charge is 0.497 e. The van der Waals surface area contributed by atoms with Crippen LogP contribution in [-0.2, 0) is 17.8 Å². The quantitative estimate of drug-likeness (QED) is 0.817. The third kappa shape index (κ3) is 2.46. The summed E-state index contributed by atoms with van der Waals surface area (Å²) in [5.74, 6) is 1.58. The molecule has 3 heteroatoms. The number of rotatable bonds is 2. The molecule has 1 aliphatic heterocycles. The van der Waals surface area contributed by atoms with Gasteiger partial charge in [-0.15, -0.1) is 0 Å². The number of ether oxygens (including phenoxy) is 1. The minimum absolute atomic E-state index is 0.291. The maximum atomic E-state index is 12.4. The monoisotopic (exact) mass is 259 g/mol. The van der Waals surface area contributed by atoms with Crippen molar-refractivity contribution in [1.82, 2.24) is 4.90 Å². The third-order valence-electron chi connectivity index (χ3n) is 4.44. The van der Waals surface area contributed by atoms with Gasteiger partial charge in [-0.2, -0.15) is 0 Å². The van der Waals surface area contributed by atoms with Gasteiger partial charge in [0.2, 0.25) is 5.91 Å². The van der Waals surface area contributed by atoms with E-state index >= 15 is 0 Å². The second-order valence-electron chi connectivity index (χ2n) is 5.63. The second-order valence-corrected chi connectivity index (χ2v) is 5.63. The molecule has 0 atom stereocenters. The molecule has 0 bridgehead atoms. The Kier molecular flexibility index (Phi) is 3.45. The summed E-state index contributed by atoms with van der Waals surface area (Å²) < 4.78 is 5.26. The van der Waals surface area contributed by atoms with Crippen molar-refractivity contribution in [3.63, 3.8) is 0 Å². The van der Waals surface area contributed by atoms with Crippen molar-refractivity contribution in [2.75, 3.05) is 13.7 Å². The third-order valence-corrected chi connectivity index (χ3v) is 4.44. The Balaban J connectivity index is 1.73. The molecular formula is C16H21NO2. The Morgan fingerprint density at radius 1 is 1.26 bits per heavy atom. The molecule has 0 radical (unpaired) electrons. The molecule has 3 nitrogen and oxygen atoms in total. The molecule has 1 aromatic rings. The van der Waals surface area contributed by atoms with Crippen molar-refractivity contribution >= 4 is 5.91 Å². The molecule has 1 aliphatic carbocycles. The summed E-state index contributed by atoms with van der Waals surface area (Å²) in [5.41, 5.74) is 2.60. The van der Waals surface area contributed by atoms with E-state index < -0.39 is 0 Å². The van der Waals surface area contributed by atoms with Crippen molar-refractivity contribution < 1.29 is 9.53 Å². The summed E-state index contributed by atoms with van der Waals surface area (Å²) in [6, 6.07) is 6.19. The molecule has 19 heavy (non-hydrogen) atoms. The van der Waals surface area contributed by atoms with Crippen LogP contribution in [0.15, 0.2) is 18.2 Å². The zero-order valence-electron chi connectivity index (χ0n) is 11.5. The Hall–Kier alpha value is -1.51. The highest BCUT2D eigenvalue weighted by Gasteiger charge is 2.29. The minimum atomic E-state index is 0.291. The normalized spacial score (nSPS) is 19.3. The molecule has 0 unspecified atom stereocenters. The summed E-state index contributed by atoms with van der Waals surface area (Å²) >= 11 is 0. The highest BCUT2D eigenvalue weighted by molar-refractivity contribution is 5.79. The van der Waals surface area contributed by atoms with E-state index in [4.69, 9.17) is 4.74 Å². The van der Waals surface area contributed by atoms with Crippen molar-refractivity contribution in [1.29, 1.82) is 0 Å². The van der Waals surface area contributed by atoms with Crippen LogP contribution in [0.2, 0.25) is 0 Å². The van der Waals surface area contributed by atoms with Crippen molar-refractivity contribution in [2.24, 2.45) is 5.92 Å². The summed E-state index contributed by atoms with van der Waals surface area (Å²) in [6.45, 7) is 1.63. The molecule has 102 valence electrons. The van der Waals surface area contributed by atoms with Gasteiger partial charge >= 0.3 is 0 Å². The van der Waals surface area contributed by atoms with Crippen molar-refractivity contribution in [3.05, 3.63) is 29.3 Å². The Bertz CT molecular complexity index is 478. The Morgan fingerprint density at radius 3 is 2.79 bits per heavy atom. The van der Waals surface area contributed by atoms with E-state index in [9.17, 15) is 4.79 Å². The van der Waals surface area contributed by atoms with E-state index in [1.54, 1.807) is 7.11 Å². The molecule has 1 amide bonds. The van der Waals surface area contributed by atoms with E-state index in [0.29, 0.717) is 11.8 Å². The van der Waals surface area contributed by atoms with Crippen molar-refractivity contribution in [2.45, 2.75) is 38.6 Å². The smallest absolute Gasteiger partial charge is 0.225 e. The van der Waals surface area contributed by atoms with Gasteiger partial charge in [-0.1, -0.05) is 18.9 Å². The van der Waals surface area contributed by atoms with Crippen LogP contribution in [0, 0.1) is 5.92 Å². The van der Waals surface area contributed by atoms with Crippen LogP contribution in [0.5, 0.6) is 5.75 Å². The minimum Gasteiger partial charge on any atom is -0.497 e. The van der Waals surface area contributed by atoms with Crippen molar-refractivity contribution in [3.8, 4) is 5.75 Å². The van der Waals surface area contributed by atoms with E-state index in [-0.39, 0.29) is 0 Å². The lowest BCUT2D eigenvalue weighted by Gasteiger charge is -2.31. The lowest BCUT2D eigenvalue weighted by molar-refractivity contribution is -0.136. The van der Waals surface area contributed by atoms with Gasteiger partial charge in [0.1, 0.15) is 5.75 Å². The molecule has 1 saturated carbocycles. The second kappa shape index (κ2) is 5.24. The Labute approximate surface area is 114 Å². The molecule has 3 rings (SSSR count). The van der Waals surface area contributed by atoms with E-state index in [1.165, 1.54) is 24.0 Å². The number of fused-ring (bicyclic) bond motifs is 1. The Morgan fingerprint density at radius 2 is 2.05 bits per heavy atom. The van der Waals surface area contributed by atoms with Crippen LogP contribution in [0.1, 0.15) is 36.8 Å². The fraction of sp³-hybridized carbons (Fsp3) is 0.562. The fourth-order valence-corrected chi connectivity index (χ4v) is 3.28. The van der Waals surface area contributed by atoms with Gasteiger partial charge in [-0.05, 0) is 42.5 Å². The number of benzene rings is 1. The predicted octanol–water partition coefficient (Wildman–Crippen LogP) is 2.77. The van der Waals surface area contributed by atoms with Gasteiger partial charge < -0.3 is 9.64 Å². The molecule has 2 aliphatic rings. The van der Waals surface area contributed by atoms with Gasteiger partial charge in [0.25, 0.3) is 0 Å². The maximum absolute atomic E-state index is 12.4. The molecule has 1 heterocycles. The van der Waals surface area contributed by atoms with E-state index in [2.05, 4.69) is 12.1 Å². The number of hydrogen-bond donors (Lipinski definition) is 0. The fourth-order valence-electron chi connectivity index (χ4n) is 3.28. The number of hydrogen-bond acceptors (Lipinski definition) is 2. The average molecular weight is 259 g/mol. The maximum Gasteiger partial charge on any atom is 0.225 e. The lowest BCUT2D eigenvalue weighted by atomic mass is 9.97. The van der Waals surface area contributed by atoms with E-state index in [0.717, 1.165) is 38.1 Å². The van der Waals surface area contributed by atoms with Gasteiger partial charge in [0, 0.05) is 19.0 Å². The number of carbonyl (C=O) groups excluding carboxylic acids is 1. The molecule has 0 spiro atoms. The summed E-state index contributed by atoms with van der Waals surface area (Å²) in [7, 11) is 1.69. The molecule has 0 aromatic heterocycles. The van der Waals surface area contributed by atoms with Gasteiger partial charge in [-0.25, -0.2) is 0 Å². The number of methoxy groups -OCH3 is 1. The first-order valence-corrected chi connectivity index (χ1v) is 7.22. The molecule has 0 saturated heterocycles. The zero-order valence-corrected chi connectivity index (χ0v) is 11.5. The summed E-state index contributed by atoms with van der Waals surface area (Å²) in [6.07, 6.45) is 5.57. The first-order chi connectivity index (χ1) is 9.28. The summed E-state index contributed by atoms with van der Waals surface area (Å²) in [4.78, 5) is 14.5. The lowest BCUT2D eigenvalue weighted by Crippen LogP contribution is -2.39. The first-order valence-electron chi connectivity index (χ1n) is 7.22. The average Bonchev–Trinajstić information content (AvgIpc) is 2.99. The number of carbonyl (C=O) groups is 1. The van der Waals surface area contributed by atoms with Gasteiger partial charge in [0.15, 0.2) is 0 Å².